The molecule has 1 N–H and O–H groups in total. The predicted octanol–water partition coefficient (Wildman–Crippen LogP) is 1.76. The van der Waals surface area contributed by atoms with Crippen molar-refractivity contribution >= 4 is 26.8 Å². The second kappa shape index (κ2) is 6.03. The molecule has 2 saturated heterocycles. The number of hydrogen-bond acceptors (Lipinski definition) is 6. The zero-order valence-corrected chi connectivity index (χ0v) is 14.7. The summed E-state index contributed by atoms with van der Waals surface area (Å²) in [6.45, 7) is 6.32. The normalized spacial score (nSPS) is 22.3. The third kappa shape index (κ3) is 2.86. The van der Waals surface area contributed by atoms with Crippen LogP contribution in [0.5, 0.6) is 0 Å². The number of likely N-dealkylation sites (tertiary alicyclic amines) is 1. The van der Waals surface area contributed by atoms with E-state index in [1.165, 1.54) is 17.5 Å². The molecule has 126 valence electrons. The van der Waals surface area contributed by atoms with Crippen LogP contribution in [0.3, 0.4) is 0 Å². The summed E-state index contributed by atoms with van der Waals surface area (Å²) in [6, 6.07) is 0.677. The molecule has 2 aliphatic rings. The van der Waals surface area contributed by atoms with E-state index in [9.17, 15) is 5.11 Å². The van der Waals surface area contributed by atoms with E-state index < -0.39 is 0 Å². The van der Waals surface area contributed by atoms with Crippen molar-refractivity contribution in [3.63, 3.8) is 0 Å². The SMILES string of the molecule is Cc1nn(C)c2nc(N3CCC(N4CCC(O)CC4)CC3)sc12. The van der Waals surface area contributed by atoms with E-state index in [1.807, 2.05) is 11.7 Å². The molecule has 0 radical (unpaired) electrons. The van der Waals surface area contributed by atoms with E-state index in [1.54, 1.807) is 11.3 Å². The van der Waals surface area contributed by atoms with Crippen LogP contribution in [0.2, 0.25) is 0 Å². The largest absolute Gasteiger partial charge is 0.393 e. The zero-order chi connectivity index (χ0) is 16.0. The van der Waals surface area contributed by atoms with Gasteiger partial charge in [0.1, 0.15) is 0 Å². The molecule has 2 aliphatic heterocycles. The number of hydrogen-bond donors (Lipinski definition) is 1. The molecule has 6 nitrogen and oxygen atoms in total. The van der Waals surface area contributed by atoms with Crippen LogP contribution >= 0.6 is 11.3 Å². The molecular weight excluding hydrogens is 310 g/mol. The number of rotatable bonds is 2. The quantitative estimate of drug-likeness (QED) is 0.906. The predicted molar refractivity (Wildman–Crippen MR) is 93.2 cm³/mol. The number of aliphatic hydroxyl groups excluding tert-OH is 1. The van der Waals surface area contributed by atoms with E-state index >= 15 is 0 Å². The number of thiazole rings is 1. The lowest BCUT2D eigenvalue weighted by molar-refractivity contribution is 0.0542. The fourth-order valence-electron chi connectivity index (χ4n) is 3.88. The molecule has 4 rings (SSSR count). The van der Waals surface area contributed by atoms with Gasteiger partial charge in [-0.1, -0.05) is 11.3 Å². The Morgan fingerprint density at radius 3 is 2.43 bits per heavy atom. The highest BCUT2D eigenvalue weighted by atomic mass is 32.1. The van der Waals surface area contributed by atoms with Gasteiger partial charge in [-0.05, 0) is 32.6 Å². The summed E-state index contributed by atoms with van der Waals surface area (Å²) in [5.41, 5.74) is 2.09. The molecule has 0 atom stereocenters. The number of piperidine rings is 2. The maximum absolute atomic E-state index is 9.66. The number of aryl methyl sites for hydroxylation is 2. The Morgan fingerprint density at radius 1 is 1.09 bits per heavy atom. The molecule has 0 amide bonds. The summed E-state index contributed by atoms with van der Waals surface area (Å²) in [4.78, 5) is 9.81. The summed E-state index contributed by atoms with van der Waals surface area (Å²) in [6.07, 6.45) is 4.19. The van der Waals surface area contributed by atoms with Gasteiger partial charge < -0.3 is 14.9 Å². The monoisotopic (exact) mass is 335 g/mol. The Balaban J connectivity index is 1.41. The van der Waals surface area contributed by atoms with Gasteiger partial charge in [0, 0.05) is 39.3 Å². The standard InChI is InChI=1S/C16H25N5OS/c1-11-14-15(19(2)18-11)17-16(23-14)21-7-3-12(4-8-21)20-9-5-13(22)6-10-20/h12-13,22H,3-10H2,1-2H3. The summed E-state index contributed by atoms with van der Waals surface area (Å²) in [5.74, 6) is 0. The first-order valence-electron chi connectivity index (χ1n) is 8.59. The van der Waals surface area contributed by atoms with Gasteiger partial charge in [-0.3, -0.25) is 0 Å². The minimum atomic E-state index is -0.0778. The van der Waals surface area contributed by atoms with Crippen molar-refractivity contribution < 1.29 is 5.11 Å². The van der Waals surface area contributed by atoms with Gasteiger partial charge in [0.2, 0.25) is 0 Å². The van der Waals surface area contributed by atoms with E-state index in [0.29, 0.717) is 6.04 Å². The van der Waals surface area contributed by atoms with Crippen LogP contribution in [0.25, 0.3) is 10.3 Å². The lowest BCUT2D eigenvalue weighted by Gasteiger charge is -2.41. The molecule has 23 heavy (non-hydrogen) atoms. The van der Waals surface area contributed by atoms with Crippen LogP contribution in [0.15, 0.2) is 0 Å². The minimum absolute atomic E-state index is 0.0778. The van der Waals surface area contributed by atoms with E-state index in [2.05, 4.69) is 21.8 Å². The molecule has 0 spiro atoms. The van der Waals surface area contributed by atoms with Gasteiger partial charge in [-0.2, -0.15) is 5.10 Å². The van der Waals surface area contributed by atoms with Crippen molar-refractivity contribution in [2.45, 2.75) is 44.8 Å². The summed E-state index contributed by atoms with van der Waals surface area (Å²) in [7, 11) is 1.97. The van der Waals surface area contributed by atoms with Crippen LogP contribution in [0, 0.1) is 6.92 Å². The maximum atomic E-state index is 9.66. The maximum Gasteiger partial charge on any atom is 0.188 e. The van der Waals surface area contributed by atoms with Crippen LogP contribution in [0.4, 0.5) is 5.13 Å². The van der Waals surface area contributed by atoms with Crippen molar-refractivity contribution in [3.05, 3.63) is 5.69 Å². The van der Waals surface area contributed by atoms with Gasteiger partial charge in [0.15, 0.2) is 10.8 Å². The van der Waals surface area contributed by atoms with Crippen molar-refractivity contribution in [3.8, 4) is 0 Å². The first-order valence-corrected chi connectivity index (χ1v) is 9.40. The van der Waals surface area contributed by atoms with E-state index in [-0.39, 0.29) is 6.10 Å². The van der Waals surface area contributed by atoms with E-state index in [4.69, 9.17) is 4.98 Å². The van der Waals surface area contributed by atoms with Crippen LogP contribution in [0.1, 0.15) is 31.4 Å². The van der Waals surface area contributed by atoms with Crippen LogP contribution < -0.4 is 4.90 Å². The van der Waals surface area contributed by atoms with Gasteiger partial charge in [0.05, 0.1) is 16.5 Å². The molecular formula is C16H25N5OS. The summed E-state index contributed by atoms with van der Waals surface area (Å²) >= 11 is 1.77. The van der Waals surface area contributed by atoms with E-state index in [0.717, 1.165) is 55.5 Å². The number of nitrogens with zero attached hydrogens (tertiary/aromatic N) is 5. The highest BCUT2D eigenvalue weighted by molar-refractivity contribution is 7.22. The number of fused-ring (bicyclic) bond motifs is 1. The van der Waals surface area contributed by atoms with Gasteiger partial charge in [-0.15, -0.1) is 0 Å². The van der Waals surface area contributed by atoms with Crippen LogP contribution in [-0.4, -0.2) is 63.1 Å². The molecule has 0 saturated carbocycles. The molecule has 0 unspecified atom stereocenters. The fourth-order valence-corrected chi connectivity index (χ4v) is 4.97. The van der Waals surface area contributed by atoms with Crippen molar-refractivity contribution in [2.24, 2.45) is 7.05 Å². The first kappa shape index (κ1) is 15.4. The Labute approximate surface area is 140 Å². The Hall–Kier alpha value is -1.18. The van der Waals surface area contributed by atoms with Gasteiger partial charge >= 0.3 is 0 Å². The summed E-state index contributed by atoms with van der Waals surface area (Å²) in [5, 5.41) is 15.2. The molecule has 2 fully saturated rings. The number of aliphatic hydroxyl groups is 1. The third-order valence-corrected chi connectivity index (χ3v) is 6.50. The lowest BCUT2D eigenvalue weighted by Crippen LogP contribution is -2.48. The average Bonchev–Trinajstić information content (AvgIpc) is 3.11. The number of aromatic nitrogens is 3. The molecule has 0 aromatic carbocycles. The Morgan fingerprint density at radius 2 is 1.78 bits per heavy atom. The topological polar surface area (TPSA) is 57.4 Å². The van der Waals surface area contributed by atoms with Crippen molar-refractivity contribution in [2.75, 3.05) is 31.1 Å². The molecule has 4 heterocycles. The lowest BCUT2D eigenvalue weighted by atomic mass is 9.99. The number of anilines is 1. The van der Waals surface area contributed by atoms with Crippen molar-refractivity contribution in [1.29, 1.82) is 0 Å². The molecule has 0 aliphatic carbocycles. The highest BCUT2D eigenvalue weighted by Gasteiger charge is 2.28. The smallest absolute Gasteiger partial charge is 0.188 e. The average molecular weight is 335 g/mol. The fraction of sp³-hybridized carbons (Fsp3) is 0.750. The molecule has 7 heteroatoms. The second-order valence-electron chi connectivity index (χ2n) is 6.84. The molecule has 2 aromatic heterocycles. The molecule has 2 aromatic rings. The zero-order valence-electron chi connectivity index (χ0n) is 13.9. The Kier molecular flexibility index (Phi) is 4.03. The van der Waals surface area contributed by atoms with Crippen molar-refractivity contribution in [1.82, 2.24) is 19.7 Å². The minimum Gasteiger partial charge on any atom is -0.393 e. The highest BCUT2D eigenvalue weighted by Crippen LogP contribution is 2.33. The van der Waals surface area contributed by atoms with Gasteiger partial charge in [0.25, 0.3) is 0 Å². The van der Waals surface area contributed by atoms with Crippen LogP contribution in [-0.2, 0) is 7.05 Å². The third-order valence-electron chi connectivity index (χ3n) is 5.28. The Bertz CT molecular complexity index is 646. The second-order valence-corrected chi connectivity index (χ2v) is 7.82. The molecule has 0 bridgehead atoms. The first-order chi connectivity index (χ1) is 11.1. The van der Waals surface area contributed by atoms with Gasteiger partial charge in [-0.25, -0.2) is 9.67 Å². The summed E-state index contributed by atoms with van der Waals surface area (Å²) < 4.78 is 3.10.